The maximum atomic E-state index is 2.33. The van der Waals surface area contributed by atoms with Gasteiger partial charge in [-0.15, -0.1) is 0 Å². The van der Waals surface area contributed by atoms with E-state index in [2.05, 4.69) is 135 Å². The van der Waals surface area contributed by atoms with E-state index >= 15 is 0 Å². The first kappa shape index (κ1) is 19.8. The largest absolute Gasteiger partial charge is 0.0719 e. The van der Waals surface area contributed by atoms with Crippen molar-refractivity contribution < 1.29 is 0 Å². The summed E-state index contributed by atoms with van der Waals surface area (Å²) < 4.78 is 0. The molecule has 0 radical (unpaired) electrons. The third-order valence-corrected chi connectivity index (χ3v) is 7.02. The summed E-state index contributed by atoms with van der Waals surface area (Å²) in [6, 6.07) is 44.8. The summed E-state index contributed by atoms with van der Waals surface area (Å²) in [6.07, 6.45) is 0. The van der Waals surface area contributed by atoms with E-state index < -0.39 is 0 Å². The van der Waals surface area contributed by atoms with Crippen molar-refractivity contribution in [3.63, 3.8) is 0 Å². The minimum atomic E-state index is -0.372. The molecule has 0 atom stereocenters. The maximum absolute atomic E-state index is 2.33. The van der Waals surface area contributed by atoms with Gasteiger partial charge < -0.3 is 0 Å². The van der Waals surface area contributed by atoms with Crippen LogP contribution in [-0.4, -0.2) is 0 Å². The van der Waals surface area contributed by atoms with E-state index in [0.29, 0.717) is 0 Å². The molecule has 158 valence electrons. The summed E-state index contributed by atoms with van der Waals surface area (Å²) >= 11 is 0. The first-order chi connectivity index (χ1) is 16.2. The van der Waals surface area contributed by atoms with Gasteiger partial charge in [0.05, 0.1) is 5.41 Å². The fraction of sp³-hybridized carbons (Fsp3) is 0.0909. The lowest BCUT2D eigenvalue weighted by Crippen LogP contribution is -2.29. The van der Waals surface area contributed by atoms with Gasteiger partial charge in [0, 0.05) is 0 Å². The van der Waals surface area contributed by atoms with E-state index in [-0.39, 0.29) is 5.41 Å². The van der Waals surface area contributed by atoms with Crippen molar-refractivity contribution in [3.8, 4) is 22.3 Å². The summed E-state index contributed by atoms with van der Waals surface area (Å²) in [6.45, 7) is 4.37. The molecule has 6 rings (SSSR count). The summed E-state index contributed by atoms with van der Waals surface area (Å²) in [5.41, 5.74) is 12.8. The molecule has 0 saturated carbocycles. The molecular formula is C33H26. The van der Waals surface area contributed by atoms with Crippen LogP contribution in [0.5, 0.6) is 0 Å². The summed E-state index contributed by atoms with van der Waals surface area (Å²) in [4.78, 5) is 0. The van der Waals surface area contributed by atoms with Crippen LogP contribution in [0.2, 0.25) is 0 Å². The smallest absolute Gasteiger partial charge is 0.0622 e. The molecule has 0 aromatic heterocycles. The van der Waals surface area contributed by atoms with Crippen LogP contribution < -0.4 is 0 Å². The summed E-state index contributed by atoms with van der Waals surface area (Å²) in [5, 5.41) is 0. The number of benzene rings is 5. The highest BCUT2D eigenvalue weighted by Gasteiger charge is 2.46. The second kappa shape index (κ2) is 7.60. The van der Waals surface area contributed by atoms with Gasteiger partial charge in [-0.25, -0.2) is 0 Å². The van der Waals surface area contributed by atoms with Gasteiger partial charge in [-0.2, -0.15) is 0 Å². The molecule has 0 N–H and O–H groups in total. The second-order valence-corrected chi connectivity index (χ2v) is 9.13. The molecule has 0 nitrogen and oxygen atoms in total. The molecule has 33 heavy (non-hydrogen) atoms. The highest BCUT2D eigenvalue weighted by molar-refractivity contribution is 5.88. The molecule has 0 unspecified atom stereocenters. The monoisotopic (exact) mass is 422 g/mol. The average molecular weight is 423 g/mol. The quantitative estimate of drug-likeness (QED) is 0.269. The molecule has 0 saturated heterocycles. The Kier molecular flexibility index (Phi) is 4.55. The van der Waals surface area contributed by atoms with Crippen LogP contribution in [0.15, 0.2) is 121 Å². The number of hydrogen-bond acceptors (Lipinski definition) is 0. The van der Waals surface area contributed by atoms with Crippen molar-refractivity contribution in [3.05, 3.63) is 155 Å². The predicted molar refractivity (Wildman–Crippen MR) is 139 cm³/mol. The average Bonchev–Trinajstić information content (AvgIpc) is 3.15. The van der Waals surface area contributed by atoms with Crippen LogP contribution in [0, 0.1) is 13.8 Å². The van der Waals surface area contributed by atoms with Gasteiger partial charge in [0.25, 0.3) is 0 Å². The molecule has 0 fully saturated rings. The molecule has 0 heterocycles. The van der Waals surface area contributed by atoms with Gasteiger partial charge >= 0.3 is 0 Å². The van der Waals surface area contributed by atoms with Gasteiger partial charge in [0.1, 0.15) is 0 Å². The topological polar surface area (TPSA) is 0 Å². The van der Waals surface area contributed by atoms with Gasteiger partial charge in [-0.05, 0) is 58.4 Å². The number of hydrogen-bond donors (Lipinski definition) is 0. The molecule has 0 heteroatoms. The van der Waals surface area contributed by atoms with Crippen molar-refractivity contribution in [2.24, 2.45) is 0 Å². The zero-order valence-corrected chi connectivity index (χ0v) is 19.0. The molecular weight excluding hydrogens is 396 g/mol. The van der Waals surface area contributed by atoms with Crippen molar-refractivity contribution >= 4 is 0 Å². The normalized spacial score (nSPS) is 13.4. The van der Waals surface area contributed by atoms with E-state index in [1.165, 1.54) is 55.6 Å². The third kappa shape index (κ3) is 2.91. The number of rotatable bonds is 3. The zero-order valence-electron chi connectivity index (χ0n) is 19.0. The highest BCUT2D eigenvalue weighted by Crippen LogP contribution is 2.57. The molecule has 0 spiro atoms. The van der Waals surface area contributed by atoms with Gasteiger partial charge in [-0.1, -0.05) is 132 Å². The Hall–Kier alpha value is -3.90. The molecule has 0 amide bonds. The summed E-state index contributed by atoms with van der Waals surface area (Å²) in [7, 11) is 0. The Morgan fingerprint density at radius 1 is 0.424 bits per heavy atom. The van der Waals surface area contributed by atoms with E-state index in [9.17, 15) is 0 Å². The van der Waals surface area contributed by atoms with E-state index in [0.717, 1.165) is 0 Å². The van der Waals surface area contributed by atoms with E-state index in [1.54, 1.807) is 0 Å². The van der Waals surface area contributed by atoms with Gasteiger partial charge in [-0.3, -0.25) is 0 Å². The first-order valence-corrected chi connectivity index (χ1v) is 11.6. The minimum Gasteiger partial charge on any atom is -0.0622 e. The number of aryl methyl sites for hydroxylation is 2. The molecule has 0 bridgehead atoms. The van der Waals surface area contributed by atoms with Gasteiger partial charge in [0.15, 0.2) is 0 Å². The van der Waals surface area contributed by atoms with E-state index in [4.69, 9.17) is 0 Å². The zero-order chi connectivity index (χ0) is 22.4. The fourth-order valence-corrected chi connectivity index (χ4v) is 5.87. The Balaban J connectivity index is 1.78. The second-order valence-electron chi connectivity index (χ2n) is 9.13. The predicted octanol–water partition coefficient (Wildman–Crippen LogP) is 8.33. The molecule has 5 aromatic carbocycles. The first-order valence-electron chi connectivity index (χ1n) is 11.6. The highest BCUT2D eigenvalue weighted by atomic mass is 14.5. The standard InChI is InChI=1S/C33H26/c1-23-20-24(2)22-25(21-23)27-14-6-9-17-30(27)33(26-12-4-3-5-13-26)31-18-10-7-15-28(31)29-16-8-11-19-32(29)33/h3-22H,1-2H3. The Labute approximate surface area is 196 Å². The van der Waals surface area contributed by atoms with Crippen LogP contribution in [0.3, 0.4) is 0 Å². The lowest BCUT2D eigenvalue weighted by molar-refractivity contribution is 0.770. The fourth-order valence-electron chi connectivity index (χ4n) is 5.87. The third-order valence-electron chi connectivity index (χ3n) is 7.02. The van der Waals surface area contributed by atoms with Crippen molar-refractivity contribution in [2.75, 3.05) is 0 Å². The van der Waals surface area contributed by atoms with Crippen LogP contribution in [0.4, 0.5) is 0 Å². The Morgan fingerprint density at radius 3 is 1.39 bits per heavy atom. The van der Waals surface area contributed by atoms with Crippen LogP contribution in [0.1, 0.15) is 33.4 Å². The minimum absolute atomic E-state index is 0.372. The SMILES string of the molecule is Cc1cc(C)cc(-c2ccccc2C2(c3ccccc3)c3ccccc3-c3ccccc32)c1. The molecule has 0 aliphatic heterocycles. The van der Waals surface area contributed by atoms with Gasteiger partial charge in [0.2, 0.25) is 0 Å². The molecule has 1 aliphatic rings. The maximum Gasteiger partial charge on any atom is 0.0719 e. The van der Waals surface area contributed by atoms with Crippen LogP contribution in [-0.2, 0) is 5.41 Å². The Morgan fingerprint density at radius 2 is 0.848 bits per heavy atom. The lowest BCUT2D eigenvalue weighted by Gasteiger charge is -2.35. The molecule has 1 aliphatic carbocycles. The lowest BCUT2D eigenvalue weighted by atomic mass is 9.66. The number of fused-ring (bicyclic) bond motifs is 3. The van der Waals surface area contributed by atoms with Crippen molar-refractivity contribution in [1.29, 1.82) is 0 Å². The van der Waals surface area contributed by atoms with E-state index in [1.807, 2.05) is 0 Å². The van der Waals surface area contributed by atoms with Crippen molar-refractivity contribution in [2.45, 2.75) is 19.3 Å². The van der Waals surface area contributed by atoms with Crippen LogP contribution >= 0.6 is 0 Å². The Bertz CT molecular complexity index is 1410. The van der Waals surface area contributed by atoms with Crippen molar-refractivity contribution in [1.82, 2.24) is 0 Å². The van der Waals surface area contributed by atoms with Crippen LogP contribution in [0.25, 0.3) is 22.3 Å². The molecule has 5 aromatic rings. The summed E-state index contributed by atoms with van der Waals surface area (Å²) in [5.74, 6) is 0.